The Morgan fingerprint density at radius 3 is 1.21 bits per heavy atom. The van der Waals surface area contributed by atoms with Gasteiger partial charge in [-0.1, -0.05) is 126 Å². The third kappa shape index (κ3) is 8.19. The fraction of sp³-hybridized carbons (Fsp3) is 0.0370. The van der Waals surface area contributed by atoms with E-state index < -0.39 is 0 Å². The van der Waals surface area contributed by atoms with E-state index in [0.29, 0.717) is 11.3 Å². The predicted molar refractivity (Wildman–Crippen MR) is 245 cm³/mol. The topological polar surface area (TPSA) is 34.6 Å². The van der Waals surface area contributed by atoms with Crippen LogP contribution < -0.4 is 9.80 Å². The highest BCUT2D eigenvalue weighted by molar-refractivity contribution is 6.01. The molecule has 8 rings (SSSR count). The van der Waals surface area contributed by atoms with Crippen LogP contribution in [-0.4, -0.2) is 0 Å². The number of para-hydroxylation sites is 2. The van der Waals surface area contributed by atoms with Crippen molar-refractivity contribution in [2.45, 2.75) is 13.8 Å². The van der Waals surface area contributed by atoms with Crippen molar-refractivity contribution >= 4 is 74.9 Å². The van der Waals surface area contributed by atoms with Gasteiger partial charge in [0.15, 0.2) is 5.69 Å². The summed E-state index contributed by atoms with van der Waals surface area (Å²) in [4.78, 5) is 8.38. The van der Waals surface area contributed by atoms with Crippen LogP contribution in [0.1, 0.15) is 38.9 Å². The second-order valence-electron chi connectivity index (χ2n) is 14.3. The molecule has 0 spiro atoms. The zero-order valence-corrected chi connectivity index (χ0v) is 32.4. The van der Waals surface area contributed by atoms with E-state index in [4.69, 9.17) is 6.57 Å². The molecule has 8 aromatic rings. The highest BCUT2D eigenvalue weighted by Crippen LogP contribution is 2.37. The highest BCUT2D eigenvalue weighted by Gasteiger charge is 2.14. The summed E-state index contributed by atoms with van der Waals surface area (Å²) in [5.41, 5.74) is 13.7. The largest absolute Gasteiger partial charge is 0.311 e. The summed E-state index contributed by atoms with van der Waals surface area (Å²) in [5, 5.41) is 11.8. The van der Waals surface area contributed by atoms with Crippen LogP contribution >= 0.6 is 0 Å². The molecule has 0 N–H and O–H groups in total. The van der Waals surface area contributed by atoms with Gasteiger partial charge < -0.3 is 9.80 Å². The molecule has 0 amide bonds. The molecule has 0 aliphatic heterocycles. The van der Waals surface area contributed by atoms with Crippen LogP contribution in [0.4, 0.5) is 39.8 Å². The smallest absolute Gasteiger partial charge is 0.195 e. The van der Waals surface area contributed by atoms with E-state index in [9.17, 15) is 5.26 Å². The van der Waals surface area contributed by atoms with E-state index in [1.54, 1.807) is 0 Å². The summed E-state index contributed by atoms with van der Waals surface area (Å²) >= 11 is 0. The van der Waals surface area contributed by atoms with Gasteiger partial charge in [0.2, 0.25) is 0 Å². The number of fused-ring (bicyclic) bond motifs is 1. The van der Waals surface area contributed by atoms with Gasteiger partial charge >= 0.3 is 0 Å². The molecule has 0 fully saturated rings. The quantitative estimate of drug-likeness (QED) is 0.103. The molecule has 8 aromatic carbocycles. The number of nitriles is 1. The lowest BCUT2D eigenvalue weighted by molar-refractivity contribution is 1.27. The zero-order valence-electron chi connectivity index (χ0n) is 32.4. The van der Waals surface area contributed by atoms with E-state index in [2.05, 4.69) is 180 Å². The highest BCUT2D eigenvalue weighted by atomic mass is 15.1. The second kappa shape index (κ2) is 16.8. The first-order valence-electron chi connectivity index (χ1n) is 19.3. The number of hydrogen-bond acceptors (Lipinski definition) is 3. The number of nitrogens with zero attached hydrogens (tertiary/aromatic N) is 4. The van der Waals surface area contributed by atoms with Crippen LogP contribution in [0.2, 0.25) is 0 Å². The van der Waals surface area contributed by atoms with Gasteiger partial charge in [-0.15, -0.1) is 0 Å². The van der Waals surface area contributed by atoms with Gasteiger partial charge in [0.25, 0.3) is 0 Å². The molecule has 276 valence electrons. The molecule has 0 saturated heterocycles. The summed E-state index contributed by atoms with van der Waals surface area (Å²) in [6.07, 6.45) is 8.11. The Kier molecular flexibility index (Phi) is 10.8. The van der Waals surface area contributed by atoms with Crippen molar-refractivity contribution in [3.63, 3.8) is 0 Å². The van der Waals surface area contributed by atoms with Crippen LogP contribution in [0, 0.1) is 31.8 Å². The third-order valence-electron chi connectivity index (χ3n) is 10.2. The fourth-order valence-electron chi connectivity index (χ4n) is 7.15. The Bertz CT molecular complexity index is 2630. The molecule has 0 heterocycles. The Morgan fingerprint density at radius 1 is 0.431 bits per heavy atom. The average Bonchev–Trinajstić information content (AvgIpc) is 3.27. The first kappa shape index (κ1) is 37.0. The van der Waals surface area contributed by atoms with Gasteiger partial charge in [0.1, 0.15) is 0 Å². The van der Waals surface area contributed by atoms with E-state index in [1.807, 2.05) is 60.7 Å². The maximum Gasteiger partial charge on any atom is 0.195 e. The molecule has 0 aromatic heterocycles. The minimum atomic E-state index is 0.511. The van der Waals surface area contributed by atoms with Gasteiger partial charge in [-0.3, -0.25) is 0 Å². The second-order valence-corrected chi connectivity index (χ2v) is 14.3. The molecule has 4 heteroatoms. The Morgan fingerprint density at radius 2 is 0.793 bits per heavy atom. The molecular weight excluding hydrogens is 705 g/mol. The molecule has 0 bridgehead atoms. The fourth-order valence-corrected chi connectivity index (χ4v) is 7.15. The lowest BCUT2D eigenvalue weighted by Gasteiger charge is -2.25. The van der Waals surface area contributed by atoms with E-state index in [-0.39, 0.29) is 0 Å². The van der Waals surface area contributed by atoms with Gasteiger partial charge in [-0.2, -0.15) is 5.26 Å². The number of anilines is 6. The lowest BCUT2D eigenvalue weighted by atomic mass is 9.97. The van der Waals surface area contributed by atoms with Gasteiger partial charge in [-0.25, -0.2) is 4.85 Å². The molecule has 0 saturated carbocycles. The molecule has 0 atom stereocenters. The van der Waals surface area contributed by atoms with Crippen molar-refractivity contribution < 1.29 is 0 Å². The average molecular weight is 745 g/mol. The molecule has 0 unspecified atom stereocenters. The zero-order chi connectivity index (χ0) is 39.8. The SMILES string of the molecule is [C-]#[N+]c1cc(/C=C\c2ccc(N(c3ccccc3)c3ccc(C)cc3)cc2)cc2c(C#N)cc(/C=C\c3ccc(N(c4ccccc4)c4ccc(C)cc4)cc3)cc12. The minimum Gasteiger partial charge on any atom is -0.311 e. The number of benzene rings is 8. The molecule has 0 radical (unpaired) electrons. The van der Waals surface area contributed by atoms with Gasteiger partial charge in [-0.05, 0) is 138 Å². The summed E-state index contributed by atoms with van der Waals surface area (Å²) in [5.74, 6) is 0. The molecule has 4 nitrogen and oxygen atoms in total. The number of hydrogen-bond donors (Lipinski definition) is 0. The molecule has 58 heavy (non-hydrogen) atoms. The monoisotopic (exact) mass is 744 g/mol. The van der Waals surface area contributed by atoms with E-state index >= 15 is 0 Å². The van der Waals surface area contributed by atoms with Gasteiger partial charge in [0, 0.05) is 34.1 Å². The van der Waals surface area contributed by atoms with Crippen molar-refractivity contribution in [2.75, 3.05) is 9.80 Å². The van der Waals surface area contributed by atoms with Crippen molar-refractivity contribution in [1.82, 2.24) is 0 Å². The summed E-state index contributed by atoms with van der Waals surface area (Å²) in [6.45, 7) is 12.2. The van der Waals surface area contributed by atoms with Crippen LogP contribution in [0.15, 0.2) is 182 Å². The maximum absolute atomic E-state index is 10.3. The van der Waals surface area contributed by atoms with Crippen LogP contribution in [0.25, 0.3) is 39.9 Å². The molecule has 0 aliphatic carbocycles. The number of rotatable bonds is 10. The Hall–Kier alpha value is -7.92. The number of aryl methyl sites for hydroxylation is 2. The normalized spacial score (nSPS) is 11.1. The van der Waals surface area contributed by atoms with Gasteiger partial charge in [0.05, 0.1) is 18.2 Å². The first-order valence-corrected chi connectivity index (χ1v) is 19.3. The predicted octanol–water partition coefficient (Wildman–Crippen LogP) is 15.2. The van der Waals surface area contributed by atoms with E-state index in [1.165, 1.54) is 11.1 Å². The van der Waals surface area contributed by atoms with Crippen molar-refractivity contribution in [3.05, 3.63) is 232 Å². The first-order chi connectivity index (χ1) is 28.4. The molecular formula is C54H40N4. The third-order valence-corrected chi connectivity index (χ3v) is 10.2. The van der Waals surface area contributed by atoms with Crippen LogP contribution in [-0.2, 0) is 0 Å². The minimum absolute atomic E-state index is 0.511. The maximum atomic E-state index is 10.3. The van der Waals surface area contributed by atoms with Crippen LogP contribution in [0.3, 0.4) is 0 Å². The van der Waals surface area contributed by atoms with Crippen molar-refractivity contribution in [1.29, 1.82) is 5.26 Å². The Labute approximate surface area is 341 Å². The van der Waals surface area contributed by atoms with E-state index in [0.717, 1.165) is 67.2 Å². The Balaban J connectivity index is 1.03. The van der Waals surface area contributed by atoms with Crippen LogP contribution in [0.5, 0.6) is 0 Å². The van der Waals surface area contributed by atoms with Crippen molar-refractivity contribution in [3.8, 4) is 6.07 Å². The molecule has 0 aliphatic rings. The summed E-state index contributed by atoms with van der Waals surface area (Å²) < 4.78 is 0. The lowest BCUT2D eigenvalue weighted by Crippen LogP contribution is -2.09. The summed E-state index contributed by atoms with van der Waals surface area (Å²) in [7, 11) is 0. The standard InChI is InChI=1S/C54H40N4/c1-39-14-26-48(27-15-39)57(46-10-6-4-7-11-46)50-30-22-41(23-31-50)18-20-43-34-45(38-55)52-35-44(37-54(56-3)53(52)36-43)21-19-42-24-32-51(33-25-42)58(47-12-8-5-9-13-47)49-28-16-40(2)17-29-49/h4-37H,1-2H3/b20-18-,21-19-. The van der Waals surface area contributed by atoms with Crippen molar-refractivity contribution in [2.24, 2.45) is 0 Å². The summed E-state index contributed by atoms with van der Waals surface area (Å²) in [6, 6.07) is 64.9.